The average Bonchev–Trinajstić information content (AvgIpc) is 2.28. The lowest BCUT2D eigenvalue weighted by atomic mass is 10.1. The fourth-order valence-electron chi connectivity index (χ4n) is 1.32. The lowest BCUT2D eigenvalue weighted by molar-refractivity contribution is -0.172. The van der Waals surface area contributed by atoms with Crippen LogP contribution in [0.2, 0.25) is 0 Å². The number of halogens is 4. The van der Waals surface area contributed by atoms with Gasteiger partial charge in [-0.15, -0.1) is 0 Å². The molecule has 1 atom stereocenters. The smallest absolute Gasteiger partial charge is 0.377 e. The summed E-state index contributed by atoms with van der Waals surface area (Å²) >= 11 is 2.87. The van der Waals surface area contributed by atoms with Crippen molar-refractivity contribution >= 4 is 15.9 Å². The number of hydrogen-bond donors (Lipinski definition) is 0. The van der Waals surface area contributed by atoms with Crippen LogP contribution in [0.15, 0.2) is 30.3 Å². The maximum Gasteiger partial charge on any atom is 0.392 e. The second-order valence-corrected chi connectivity index (χ2v) is 4.37. The first-order chi connectivity index (χ1) is 8.04. The van der Waals surface area contributed by atoms with Gasteiger partial charge in [0.15, 0.2) is 0 Å². The molecule has 0 aromatic heterocycles. The van der Waals surface area contributed by atoms with Crippen molar-refractivity contribution in [2.24, 2.45) is 5.92 Å². The van der Waals surface area contributed by atoms with Gasteiger partial charge in [0, 0.05) is 11.9 Å². The molecule has 0 fully saturated rings. The van der Waals surface area contributed by atoms with E-state index < -0.39 is 12.1 Å². The van der Waals surface area contributed by atoms with Gasteiger partial charge >= 0.3 is 6.18 Å². The topological polar surface area (TPSA) is 9.23 Å². The molecule has 0 saturated heterocycles. The highest BCUT2D eigenvalue weighted by atomic mass is 79.9. The predicted molar refractivity (Wildman–Crippen MR) is 64.1 cm³/mol. The average molecular weight is 311 g/mol. The molecule has 0 radical (unpaired) electrons. The van der Waals surface area contributed by atoms with E-state index in [0.29, 0.717) is 6.61 Å². The second-order valence-electron chi connectivity index (χ2n) is 3.72. The Balaban J connectivity index is 2.24. The van der Waals surface area contributed by atoms with Crippen molar-refractivity contribution in [2.45, 2.75) is 19.2 Å². The van der Waals surface area contributed by atoms with Crippen LogP contribution in [0.5, 0.6) is 0 Å². The van der Waals surface area contributed by atoms with E-state index in [-0.39, 0.29) is 18.4 Å². The molecule has 0 unspecified atom stereocenters. The van der Waals surface area contributed by atoms with E-state index in [0.717, 1.165) is 5.56 Å². The Morgan fingerprint density at radius 1 is 1.18 bits per heavy atom. The molecule has 0 aliphatic carbocycles. The van der Waals surface area contributed by atoms with E-state index in [9.17, 15) is 13.2 Å². The van der Waals surface area contributed by atoms with Gasteiger partial charge in [-0.3, -0.25) is 0 Å². The van der Waals surface area contributed by atoms with Crippen molar-refractivity contribution in [1.82, 2.24) is 0 Å². The van der Waals surface area contributed by atoms with E-state index in [2.05, 4.69) is 15.9 Å². The van der Waals surface area contributed by atoms with Crippen LogP contribution >= 0.6 is 15.9 Å². The van der Waals surface area contributed by atoms with Gasteiger partial charge in [0.05, 0.1) is 12.5 Å². The molecule has 96 valence electrons. The van der Waals surface area contributed by atoms with Gasteiger partial charge in [-0.05, 0) is 12.0 Å². The van der Waals surface area contributed by atoms with E-state index in [1.807, 2.05) is 30.3 Å². The van der Waals surface area contributed by atoms with Gasteiger partial charge in [0.25, 0.3) is 0 Å². The lowest BCUT2D eigenvalue weighted by Crippen LogP contribution is -2.25. The summed E-state index contributed by atoms with van der Waals surface area (Å²) in [5.41, 5.74) is 0.968. The summed E-state index contributed by atoms with van der Waals surface area (Å²) in [7, 11) is 0. The summed E-state index contributed by atoms with van der Waals surface area (Å²) in [5.74, 6) is -1.33. The highest BCUT2D eigenvalue weighted by molar-refractivity contribution is 9.09. The van der Waals surface area contributed by atoms with Gasteiger partial charge in [0.1, 0.15) is 0 Å². The largest absolute Gasteiger partial charge is 0.392 e. The molecule has 0 aliphatic heterocycles. The molecule has 0 aliphatic rings. The summed E-state index contributed by atoms with van der Waals surface area (Å²) < 4.78 is 42.4. The highest BCUT2D eigenvalue weighted by Crippen LogP contribution is 2.30. The van der Waals surface area contributed by atoms with Crippen molar-refractivity contribution in [1.29, 1.82) is 0 Å². The Labute approximate surface area is 107 Å². The number of rotatable bonds is 6. The first-order valence-corrected chi connectivity index (χ1v) is 6.40. The van der Waals surface area contributed by atoms with Crippen molar-refractivity contribution < 1.29 is 17.9 Å². The summed E-state index contributed by atoms with van der Waals surface area (Å²) in [6, 6.07) is 9.39. The summed E-state index contributed by atoms with van der Waals surface area (Å²) in [6.07, 6.45) is -4.17. The molecule has 0 N–H and O–H groups in total. The molecule has 1 aromatic carbocycles. The second kappa shape index (κ2) is 7.01. The normalized spacial score (nSPS) is 13.6. The van der Waals surface area contributed by atoms with Gasteiger partial charge < -0.3 is 4.74 Å². The SMILES string of the molecule is FC(F)(F)[C@H](CBr)CCOCc1ccccc1. The molecule has 0 bridgehead atoms. The molecular weight excluding hydrogens is 297 g/mol. The van der Waals surface area contributed by atoms with Gasteiger partial charge in [-0.2, -0.15) is 13.2 Å². The molecule has 1 nitrogen and oxygen atoms in total. The maximum atomic E-state index is 12.4. The van der Waals surface area contributed by atoms with Crippen LogP contribution < -0.4 is 0 Å². The van der Waals surface area contributed by atoms with E-state index in [1.165, 1.54) is 0 Å². The highest BCUT2D eigenvalue weighted by Gasteiger charge is 2.38. The lowest BCUT2D eigenvalue weighted by Gasteiger charge is -2.17. The van der Waals surface area contributed by atoms with Crippen LogP contribution in [0.3, 0.4) is 0 Å². The summed E-state index contributed by atoms with van der Waals surface area (Å²) in [6.45, 7) is 0.471. The van der Waals surface area contributed by atoms with E-state index >= 15 is 0 Å². The van der Waals surface area contributed by atoms with Crippen LogP contribution in [0, 0.1) is 5.92 Å². The molecule has 0 saturated carbocycles. The Bertz CT molecular complexity index is 313. The molecule has 0 amide bonds. The Morgan fingerprint density at radius 3 is 2.35 bits per heavy atom. The molecule has 17 heavy (non-hydrogen) atoms. The minimum absolute atomic E-state index is 0.0123. The van der Waals surface area contributed by atoms with Crippen molar-refractivity contribution in [3.05, 3.63) is 35.9 Å². The first-order valence-electron chi connectivity index (χ1n) is 5.28. The van der Waals surface area contributed by atoms with Crippen molar-refractivity contribution in [3.63, 3.8) is 0 Å². The van der Waals surface area contributed by atoms with Crippen molar-refractivity contribution in [2.75, 3.05) is 11.9 Å². The van der Waals surface area contributed by atoms with Crippen LogP contribution in [0.4, 0.5) is 13.2 Å². The molecule has 0 heterocycles. The third kappa shape index (κ3) is 5.55. The third-order valence-electron chi connectivity index (χ3n) is 2.37. The zero-order chi connectivity index (χ0) is 12.7. The number of benzene rings is 1. The van der Waals surface area contributed by atoms with Crippen LogP contribution in [-0.2, 0) is 11.3 Å². The van der Waals surface area contributed by atoms with Crippen LogP contribution in [-0.4, -0.2) is 18.1 Å². The fourth-order valence-corrected chi connectivity index (χ4v) is 2.01. The zero-order valence-electron chi connectivity index (χ0n) is 9.21. The summed E-state index contributed by atoms with van der Waals surface area (Å²) in [4.78, 5) is 0. The number of ether oxygens (including phenoxy) is 1. The maximum absolute atomic E-state index is 12.4. The van der Waals surface area contributed by atoms with E-state index in [4.69, 9.17) is 4.74 Å². The molecule has 1 rings (SSSR count). The zero-order valence-corrected chi connectivity index (χ0v) is 10.8. The molecular formula is C12H14BrF3O. The monoisotopic (exact) mass is 310 g/mol. The van der Waals surface area contributed by atoms with Crippen molar-refractivity contribution in [3.8, 4) is 0 Å². The number of alkyl halides is 4. The van der Waals surface area contributed by atoms with E-state index in [1.54, 1.807) is 0 Å². The number of hydrogen-bond acceptors (Lipinski definition) is 1. The first kappa shape index (κ1) is 14.5. The minimum atomic E-state index is -4.15. The van der Waals surface area contributed by atoms with Gasteiger partial charge in [-0.25, -0.2) is 0 Å². The van der Waals surface area contributed by atoms with Gasteiger partial charge in [-0.1, -0.05) is 46.3 Å². The van der Waals surface area contributed by atoms with Gasteiger partial charge in [0.2, 0.25) is 0 Å². The predicted octanol–water partition coefficient (Wildman–Crippen LogP) is 4.17. The Hall–Kier alpha value is -0.550. The Kier molecular flexibility index (Phi) is 5.98. The van der Waals surface area contributed by atoms with Crippen LogP contribution in [0.25, 0.3) is 0 Å². The Morgan fingerprint density at radius 2 is 1.82 bits per heavy atom. The van der Waals surface area contributed by atoms with Crippen LogP contribution in [0.1, 0.15) is 12.0 Å². The quantitative estimate of drug-likeness (QED) is 0.566. The summed E-state index contributed by atoms with van der Waals surface area (Å²) in [5, 5.41) is -0.0782. The molecule has 1 aromatic rings. The fraction of sp³-hybridized carbons (Fsp3) is 0.500. The minimum Gasteiger partial charge on any atom is -0.377 e. The molecule has 5 heteroatoms. The molecule has 0 spiro atoms. The third-order valence-corrected chi connectivity index (χ3v) is 3.15. The standard InChI is InChI=1S/C12H14BrF3O/c13-8-11(12(14,15)16)6-7-17-9-10-4-2-1-3-5-10/h1-5,11H,6-9H2/t11-/m0/s1.